The minimum atomic E-state index is -0.389. The zero-order chi connectivity index (χ0) is 13.0. The standard InChI is InChI=1S/C15H14O3/c1-11-5-3-8-14(9-11)18-15(16)12-6-4-7-13(10-12)17-2/h3-10H,1-2H3. The summed E-state index contributed by atoms with van der Waals surface area (Å²) in [5, 5.41) is 0. The lowest BCUT2D eigenvalue weighted by Gasteiger charge is -2.06. The molecule has 0 aliphatic rings. The third-order valence-corrected chi connectivity index (χ3v) is 2.51. The van der Waals surface area contributed by atoms with Crippen molar-refractivity contribution in [2.75, 3.05) is 7.11 Å². The van der Waals surface area contributed by atoms with Crippen LogP contribution in [0.1, 0.15) is 15.9 Å². The number of hydrogen-bond donors (Lipinski definition) is 0. The van der Waals surface area contributed by atoms with Crippen LogP contribution < -0.4 is 9.47 Å². The molecular formula is C15H14O3. The summed E-state index contributed by atoms with van der Waals surface area (Å²) in [7, 11) is 1.56. The lowest BCUT2D eigenvalue weighted by atomic mass is 10.2. The molecule has 0 bridgehead atoms. The summed E-state index contributed by atoms with van der Waals surface area (Å²) in [5.41, 5.74) is 1.52. The predicted octanol–water partition coefficient (Wildman–Crippen LogP) is 3.22. The van der Waals surface area contributed by atoms with Crippen LogP contribution in [0.25, 0.3) is 0 Å². The van der Waals surface area contributed by atoms with Crippen LogP contribution in [0, 0.1) is 6.92 Å². The summed E-state index contributed by atoms with van der Waals surface area (Å²) in [5.74, 6) is 0.788. The van der Waals surface area contributed by atoms with Crippen LogP contribution in [0.4, 0.5) is 0 Å². The highest BCUT2D eigenvalue weighted by atomic mass is 16.5. The Morgan fingerprint density at radius 1 is 1.00 bits per heavy atom. The van der Waals surface area contributed by atoms with Gasteiger partial charge in [0.05, 0.1) is 12.7 Å². The number of aryl methyl sites for hydroxylation is 1. The largest absolute Gasteiger partial charge is 0.497 e. The molecule has 0 aliphatic carbocycles. The number of esters is 1. The second kappa shape index (κ2) is 5.36. The van der Waals surface area contributed by atoms with Gasteiger partial charge < -0.3 is 9.47 Å². The molecule has 0 saturated carbocycles. The van der Waals surface area contributed by atoms with Gasteiger partial charge in [0.15, 0.2) is 0 Å². The molecule has 0 spiro atoms. The van der Waals surface area contributed by atoms with Crippen molar-refractivity contribution in [1.82, 2.24) is 0 Å². The van der Waals surface area contributed by atoms with Gasteiger partial charge in [-0.3, -0.25) is 0 Å². The van der Waals surface area contributed by atoms with E-state index in [2.05, 4.69) is 0 Å². The highest BCUT2D eigenvalue weighted by molar-refractivity contribution is 5.91. The van der Waals surface area contributed by atoms with E-state index in [4.69, 9.17) is 9.47 Å². The lowest BCUT2D eigenvalue weighted by Crippen LogP contribution is -2.08. The molecule has 0 amide bonds. The number of carbonyl (C=O) groups is 1. The minimum Gasteiger partial charge on any atom is -0.497 e. The molecule has 0 radical (unpaired) electrons. The summed E-state index contributed by atoms with van der Waals surface area (Å²) in [6.45, 7) is 1.95. The number of hydrogen-bond acceptors (Lipinski definition) is 3. The van der Waals surface area contributed by atoms with E-state index in [-0.39, 0.29) is 5.97 Å². The van der Waals surface area contributed by atoms with Crippen molar-refractivity contribution in [3.05, 3.63) is 59.7 Å². The van der Waals surface area contributed by atoms with Crippen molar-refractivity contribution in [3.63, 3.8) is 0 Å². The Kier molecular flexibility index (Phi) is 3.63. The molecule has 2 rings (SSSR count). The number of benzene rings is 2. The predicted molar refractivity (Wildman–Crippen MR) is 69.1 cm³/mol. The Morgan fingerprint density at radius 2 is 1.72 bits per heavy atom. The van der Waals surface area contributed by atoms with E-state index in [0.29, 0.717) is 17.1 Å². The SMILES string of the molecule is COc1cccc(C(=O)Oc2cccc(C)c2)c1. The van der Waals surface area contributed by atoms with Gasteiger partial charge in [-0.2, -0.15) is 0 Å². The molecule has 2 aromatic rings. The quantitative estimate of drug-likeness (QED) is 0.612. The van der Waals surface area contributed by atoms with Crippen molar-refractivity contribution < 1.29 is 14.3 Å². The molecule has 3 nitrogen and oxygen atoms in total. The molecule has 0 saturated heterocycles. The van der Waals surface area contributed by atoms with Gasteiger partial charge in [0.1, 0.15) is 11.5 Å². The molecule has 2 aromatic carbocycles. The fraction of sp³-hybridized carbons (Fsp3) is 0.133. The third-order valence-electron chi connectivity index (χ3n) is 2.51. The van der Waals surface area contributed by atoms with E-state index >= 15 is 0 Å². The zero-order valence-electron chi connectivity index (χ0n) is 10.3. The molecule has 0 fully saturated rings. The van der Waals surface area contributed by atoms with Crippen LogP contribution in [0.5, 0.6) is 11.5 Å². The van der Waals surface area contributed by atoms with Gasteiger partial charge in [0.25, 0.3) is 0 Å². The number of ether oxygens (including phenoxy) is 2. The summed E-state index contributed by atoms with van der Waals surface area (Å²) < 4.78 is 10.4. The molecule has 0 N–H and O–H groups in total. The van der Waals surface area contributed by atoms with Crippen molar-refractivity contribution in [2.45, 2.75) is 6.92 Å². The Balaban J connectivity index is 2.16. The van der Waals surface area contributed by atoms with E-state index in [9.17, 15) is 4.79 Å². The van der Waals surface area contributed by atoms with E-state index in [1.165, 1.54) is 0 Å². The summed E-state index contributed by atoms with van der Waals surface area (Å²) in [4.78, 5) is 11.9. The first-order chi connectivity index (χ1) is 8.69. The average molecular weight is 242 g/mol. The van der Waals surface area contributed by atoms with Gasteiger partial charge in [0, 0.05) is 0 Å². The maximum atomic E-state index is 11.9. The highest BCUT2D eigenvalue weighted by Crippen LogP contribution is 2.17. The molecule has 18 heavy (non-hydrogen) atoms. The number of carbonyl (C=O) groups excluding carboxylic acids is 1. The second-order valence-corrected chi connectivity index (χ2v) is 3.94. The van der Waals surface area contributed by atoms with Gasteiger partial charge in [-0.05, 0) is 42.8 Å². The minimum absolute atomic E-state index is 0.389. The monoisotopic (exact) mass is 242 g/mol. The first-order valence-electron chi connectivity index (χ1n) is 5.62. The highest BCUT2D eigenvalue weighted by Gasteiger charge is 2.09. The summed E-state index contributed by atoms with van der Waals surface area (Å²) in [6.07, 6.45) is 0. The maximum absolute atomic E-state index is 11.9. The lowest BCUT2D eigenvalue weighted by molar-refractivity contribution is 0.0734. The van der Waals surface area contributed by atoms with E-state index < -0.39 is 0 Å². The molecule has 0 heterocycles. The van der Waals surface area contributed by atoms with Crippen molar-refractivity contribution in [3.8, 4) is 11.5 Å². The molecular weight excluding hydrogens is 228 g/mol. The second-order valence-electron chi connectivity index (χ2n) is 3.94. The fourth-order valence-corrected chi connectivity index (χ4v) is 1.59. The normalized spacial score (nSPS) is 9.89. The van der Waals surface area contributed by atoms with Crippen LogP contribution in [-0.4, -0.2) is 13.1 Å². The maximum Gasteiger partial charge on any atom is 0.343 e. The Morgan fingerprint density at radius 3 is 2.44 bits per heavy atom. The molecule has 0 atom stereocenters. The van der Waals surface area contributed by atoms with Gasteiger partial charge in [-0.1, -0.05) is 18.2 Å². The van der Waals surface area contributed by atoms with Gasteiger partial charge in [-0.15, -0.1) is 0 Å². The number of rotatable bonds is 3. The zero-order valence-corrected chi connectivity index (χ0v) is 10.3. The first-order valence-corrected chi connectivity index (χ1v) is 5.62. The summed E-state index contributed by atoms with van der Waals surface area (Å²) in [6, 6.07) is 14.3. The number of methoxy groups -OCH3 is 1. The van der Waals surface area contributed by atoms with Crippen molar-refractivity contribution in [1.29, 1.82) is 0 Å². The van der Waals surface area contributed by atoms with Crippen LogP contribution >= 0.6 is 0 Å². The van der Waals surface area contributed by atoms with Crippen LogP contribution in [0.3, 0.4) is 0 Å². The van der Waals surface area contributed by atoms with Crippen LogP contribution in [0.15, 0.2) is 48.5 Å². The van der Waals surface area contributed by atoms with Gasteiger partial charge in [0.2, 0.25) is 0 Å². The molecule has 0 unspecified atom stereocenters. The topological polar surface area (TPSA) is 35.5 Å². The average Bonchev–Trinajstić information content (AvgIpc) is 2.39. The molecule has 0 aromatic heterocycles. The Labute approximate surface area is 106 Å². The summed E-state index contributed by atoms with van der Waals surface area (Å²) >= 11 is 0. The van der Waals surface area contributed by atoms with Crippen molar-refractivity contribution >= 4 is 5.97 Å². The van der Waals surface area contributed by atoms with Crippen LogP contribution in [0.2, 0.25) is 0 Å². The smallest absolute Gasteiger partial charge is 0.343 e. The van der Waals surface area contributed by atoms with Gasteiger partial charge in [-0.25, -0.2) is 4.79 Å². The molecule has 92 valence electrons. The van der Waals surface area contributed by atoms with Gasteiger partial charge >= 0.3 is 5.97 Å². The Bertz CT molecular complexity index is 561. The van der Waals surface area contributed by atoms with E-state index in [0.717, 1.165) is 5.56 Å². The first kappa shape index (κ1) is 12.2. The molecule has 3 heteroatoms. The molecule has 0 aliphatic heterocycles. The van der Waals surface area contributed by atoms with Crippen molar-refractivity contribution in [2.24, 2.45) is 0 Å². The van der Waals surface area contributed by atoms with Crippen LogP contribution in [-0.2, 0) is 0 Å². The Hall–Kier alpha value is -2.29. The van der Waals surface area contributed by atoms with E-state index in [1.807, 2.05) is 25.1 Å². The fourth-order valence-electron chi connectivity index (χ4n) is 1.59. The van der Waals surface area contributed by atoms with E-state index in [1.54, 1.807) is 37.4 Å². The third kappa shape index (κ3) is 2.88.